The first-order chi connectivity index (χ1) is 5.72. The highest BCUT2D eigenvalue weighted by Gasteiger charge is 2.08. The second kappa shape index (κ2) is 5.87. The zero-order chi connectivity index (χ0) is 9.56. The van der Waals surface area contributed by atoms with Gasteiger partial charge in [0.1, 0.15) is 0 Å². The van der Waals surface area contributed by atoms with Crippen LogP contribution in [0.1, 0.15) is 40.5 Å². The molecule has 0 heterocycles. The SMILES string of the molecule is CC.CC1=C(N)C(C)CCC=C1. The van der Waals surface area contributed by atoms with E-state index in [2.05, 4.69) is 26.0 Å². The smallest absolute Gasteiger partial charge is 0.0139 e. The van der Waals surface area contributed by atoms with Crippen LogP contribution >= 0.6 is 0 Å². The molecule has 0 amide bonds. The predicted molar refractivity (Wildman–Crippen MR) is 55.8 cm³/mol. The van der Waals surface area contributed by atoms with Gasteiger partial charge in [-0.1, -0.05) is 32.9 Å². The van der Waals surface area contributed by atoms with E-state index in [1.54, 1.807) is 0 Å². The molecule has 0 spiro atoms. The van der Waals surface area contributed by atoms with Crippen LogP contribution < -0.4 is 5.73 Å². The maximum absolute atomic E-state index is 5.85. The summed E-state index contributed by atoms with van der Waals surface area (Å²) in [5, 5.41) is 0. The van der Waals surface area contributed by atoms with Crippen molar-refractivity contribution in [3.63, 3.8) is 0 Å². The number of nitrogens with two attached hydrogens (primary N) is 1. The molecule has 1 nitrogen and oxygen atoms in total. The molecule has 1 rings (SSSR count). The Morgan fingerprint density at radius 2 is 2.00 bits per heavy atom. The van der Waals surface area contributed by atoms with Gasteiger partial charge in [0.05, 0.1) is 0 Å². The predicted octanol–water partition coefficient (Wildman–Crippen LogP) is 3.23. The quantitative estimate of drug-likeness (QED) is 0.589. The monoisotopic (exact) mass is 167 g/mol. The van der Waals surface area contributed by atoms with Gasteiger partial charge in [0.2, 0.25) is 0 Å². The van der Waals surface area contributed by atoms with Crippen LogP contribution in [0, 0.1) is 5.92 Å². The third-order valence-electron chi connectivity index (χ3n) is 2.12. The highest BCUT2D eigenvalue weighted by Crippen LogP contribution is 2.19. The minimum Gasteiger partial charge on any atom is -0.402 e. The first-order valence-corrected chi connectivity index (χ1v) is 4.84. The van der Waals surface area contributed by atoms with Crippen molar-refractivity contribution in [1.29, 1.82) is 0 Å². The van der Waals surface area contributed by atoms with Gasteiger partial charge in [0.25, 0.3) is 0 Å². The first kappa shape index (κ1) is 11.3. The van der Waals surface area contributed by atoms with E-state index in [4.69, 9.17) is 5.73 Å². The summed E-state index contributed by atoms with van der Waals surface area (Å²) < 4.78 is 0. The van der Waals surface area contributed by atoms with E-state index in [9.17, 15) is 0 Å². The van der Waals surface area contributed by atoms with Crippen LogP contribution in [0.3, 0.4) is 0 Å². The molecule has 1 unspecified atom stereocenters. The molecular formula is C11H21N. The average Bonchev–Trinajstić information content (AvgIpc) is 2.24. The molecule has 0 aromatic heterocycles. The Morgan fingerprint density at radius 3 is 2.58 bits per heavy atom. The summed E-state index contributed by atoms with van der Waals surface area (Å²) >= 11 is 0. The summed E-state index contributed by atoms with van der Waals surface area (Å²) in [5.74, 6) is 0.565. The topological polar surface area (TPSA) is 26.0 Å². The molecule has 1 aliphatic rings. The summed E-state index contributed by atoms with van der Waals surface area (Å²) in [4.78, 5) is 0. The molecule has 1 heteroatoms. The lowest BCUT2D eigenvalue weighted by molar-refractivity contribution is 0.616. The normalized spacial score (nSPS) is 22.8. The zero-order valence-electron chi connectivity index (χ0n) is 8.72. The maximum Gasteiger partial charge on any atom is 0.0139 e. The van der Waals surface area contributed by atoms with Crippen LogP contribution in [0.15, 0.2) is 23.4 Å². The lowest BCUT2D eigenvalue weighted by atomic mass is 10.0. The summed E-state index contributed by atoms with van der Waals surface area (Å²) in [6.45, 7) is 8.26. The minimum atomic E-state index is 0.565. The van der Waals surface area contributed by atoms with Crippen molar-refractivity contribution >= 4 is 0 Å². The Labute approximate surface area is 76.3 Å². The maximum atomic E-state index is 5.85. The van der Waals surface area contributed by atoms with Crippen LogP contribution in [0.25, 0.3) is 0 Å². The summed E-state index contributed by atoms with van der Waals surface area (Å²) in [6, 6.07) is 0. The Morgan fingerprint density at radius 1 is 1.42 bits per heavy atom. The van der Waals surface area contributed by atoms with Crippen LogP contribution in [0.5, 0.6) is 0 Å². The summed E-state index contributed by atoms with van der Waals surface area (Å²) in [7, 11) is 0. The summed E-state index contributed by atoms with van der Waals surface area (Å²) in [5.41, 5.74) is 8.15. The van der Waals surface area contributed by atoms with Gasteiger partial charge in [-0.05, 0) is 31.3 Å². The molecule has 70 valence electrons. The van der Waals surface area contributed by atoms with Gasteiger partial charge in [-0.2, -0.15) is 0 Å². The summed E-state index contributed by atoms with van der Waals surface area (Å²) in [6.07, 6.45) is 6.68. The molecule has 0 saturated heterocycles. The van der Waals surface area contributed by atoms with Crippen molar-refractivity contribution in [2.45, 2.75) is 40.5 Å². The van der Waals surface area contributed by atoms with Crippen molar-refractivity contribution < 1.29 is 0 Å². The van der Waals surface area contributed by atoms with Crippen LogP contribution in [-0.2, 0) is 0 Å². The lowest BCUT2D eigenvalue weighted by Crippen LogP contribution is -2.08. The van der Waals surface area contributed by atoms with Gasteiger partial charge >= 0.3 is 0 Å². The third-order valence-corrected chi connectivity index (χ3v) is 2.12. The Hall–Kier alpha value is -0.720. The van der Waals surface area contributed by atoms with Crippen molar-refractivity contribution in [1.82, 2.24) is 0 Å². The third kappa shape index (κ3) is 3.12. The minimum absolute atomic E-state index is 0.565. The van der Waals surface area contributed by atoms with Crippen LogP contribution in [0.2, 0.25) is 0 Å². The second-order valence-corrected chi connectivity index (χ2v) is 3.02. The van der Waals surface area contributed by atoms with Crippen molar-refractivity contribution in [2.24, 2.45) is 11.7 Å². The first-order valence-electron chi connectivity index (χ1n) is 4.84. The molecule has 2 N–H and O–H groups in total. The van der Waals surface area contributed by atoms with Crippen LogP contribution in [-0.4, -0.2) is 0 Å². The van der Waals surface area contributed by atoms with E-state index in [0.717, 1.165) is 5.70 Å². The largest absolute Gasteiger partial charge is 0.402 e. The number of allylic oxidation sites excluding steroid dienone is 4. The standard InChI is InChI=1S/C9H15N.C2H6/c1-7-5-3-4-6-8(2)9(7)10;1-2/h3,5,8H,4,6,10H2,1-2H3;1-2H3. The molecule has 0 bridgehead atoms. The van der Waals surface area contributed by atoms with Gasteiger partial charge in [0.15, 0.2) is 0 Å². The van der Waals surface area contributed by atoms with Gasteiger partial charge in [0, 0.05) is 5.70 Å². The fraction of sp³-hybridized carbons (Fsp3) is 0.636. The van der Waals surface area contributed by atoms with Gasteiger partial charge in [-0.25, -0.2) is 0 Å². The van der Waals surface area contributed by atoms with Crippen molar-refractivity contribution in [3.8, 4) is 0 Å². The molecule has 0 aromatic carbocycles. The Balaban J connectivity index is 0.000000561. The van der Waals surface area contributed by atoms with Gasteiger partial charge in [-0.15, -0.1) is 0 Å². The molecule has 0 fully saturated rings. The molecule has 0 aliphatic heterocycles. The number of rotatable bonds is 0. The fourth-order valence-electron chi connectivity index (χ4n) is 1.25. The molecule has 12 heavy (non-hydrogen) atoms. The van der Waals surface area contributed by atoms with Gasteiger partial charge < -0.3 is 5.73 Å². The molecular weight excluding hydrogens is 146 g/mol. The van der Waals surface area contributed by atoms with E-state index < -0.39 is 0 Å². The van der Waals surface area contributed by atoms with E-state index in [1.807, 2.05) is 13.8 Å². The Kier molecular flexibility index (Phi) is 5.52. The average molecular weight is 167 g/mol. The zero-order valence-corrected chi connectivity index (χ0v) is 8.72. The highest BCUT2D eigenvalue weighted by atomic mass is 14.6. The molecule has 0 radical (unpaired) electrons. The van der Waals surface area contributed by atoms with Crippen LogP contribution in [0.4, 0.5) is 0 Å². The van der Waals surface area contributed by atoms with E-state index in [1.165, 1.54) is 18.4 Å². The van der Waals surface area contributed by atoms with Gasteiger partial charge in [-0.3, -0.25) is 0 Å². The second-order valence-electron chi connectivity index (χ2n) is 3.02. The lowest BCUT2D eigenvalue weighted by Gasteiger charge is -2.09. The van der Waals surface area contributed by atoms with E-state index >= 15 is 0 Å². The van der Waals surface area contributed by atoms with Crippen molar-refractivity contribution in [3.05, 3.63) is 23.4 Å². The molecule has 0 saturated carbocycles. The fourth-order valence-corrected chi connectivity index (χ4v) is 1.25. The van der Waals surface area contributed by atoms with Crippen molar-refractivity contribution in [2.75, 3.05) is 0 Å². The number of hydrogen-bond acceptors (Lipinski definition) is 1. The highest BCUT2D eigenvalue weighted by molar-refractivity contribution is 5.24. The molecule has 1 atom stereocenters. The number of hydrogen-bond donors (Lipinski definition) is 1. The molecule has 1 aliphatic carbocycles. The van der Waals surface area contributed by atoms with E-state index in [-0.39, 0.29) is 0 Å². The molecule has 0 aromatic rings. The Bertz CT molecular complexity index is 177. The van der Waals surface area contributed by atoms with E-state index in [0.29, 0.717) is 5.92 Å².